The number of carbonyl (C=O) groups is 1. The summed E-state index contributed by atoms with van der Waals surface area (Å²) in [5.74, 6) is -1.43. The van der Waals surface area contributed by atoms with Gasteiger partial charge in [-0.25, -0.2) is 0 Å². The summed E-state index contributed by atoms with van der Waals surface area (Å²) in [6.45, 7) is 0.868. The molecule has 0 aromatic heterocycles. The van der Waals surface area contributed by atoms with Crippen LogP contribution in [0.2, 0.25) is 0 Å². The third-order valence-corrected chi connectivity index (χ3v) is 5.51. The van der Waals surface area contributed by atoms with Crippen molar-refractivity contribution in [3.05, 3.63) is 0 Å². The number of aliphatic hydroxyl groups is 2. The van der Waals surface area contributed by atoms with Gasteiger partial charge in [0.2, 0.25) is 0 Å². The number of nitrogens with zero attached hydrogens (tertiary/aromatic N) is 1. The van der Waals surface area contributed by atoms with Crippen LogP contribution >= 0.6 is 0 Å². The largest absolute Gasteiger partial charge is 0.481 e. The van der Waals surface area contributed by atoms with Crippen LogP contribution in [0.25, 0.3) is 0 Å². The highest BCUT2D eigenvalue weighted by Crippen LogP contribution is 2.21. The second-order valence-corrected chi connectivity index (χ2v) is 6.74. The Morgan fingerprint density at radius 1 is 1.30 bits per heavy atom. The van der Waals surface area contributed by atoms with E-state index in [1.165, 1.54) is 0 Å². The van der Waals surface area contributed by atoms with Gasteiger partial charge in [-0.3, -0.25) is 4.79 Å². The van der Waals surface area contributed by atoms with Gasteiger partial charge < -0.3 is 15.3 Å². The van der Waals surface area contributed by atoms with Crippen molar-refractivity contribution in [2.24, 2.45) is 5.92 Å². The molecule has 1 heterocycles. The quantitative estimate of drug-likeness (QED) is 0.465. The van der Waals surface area contributed by atoms with Crippen molar-refractivity contribution in [2.75, 3.05) is 26.3 Å². The van der Waals surface area contributed by atoms with Crippen molar-refractivity contribution in [3.63, 3.8) is 0 Å². The standard InChI is InChI=1S/C11H22N2O6S/c1-2-11(7-14,8-15)12-20(18,19)13-5-3-9(4-6-13)10(16)17/h9,12,14-15H,2-8H2,1H3,(H,16,17). The number of carboxylic acids is 1. The first kappa shape index (κ1) is 17.3. The maximum atomic E-state index is 12.2. The minimum Gasteiger partial charge on any atom is -0.481 e. The van der Waals surface area contributed by atoms with Crippen LogP contribution < -0.4 is 4.72 Å². The Morgan fingerprint density at radius 3 is 2.15 bits per heavy atom. The van der Waals surface area contributed by atoms with E-state index in [9.17, 15) is 23.4 Å². The summed E-state index contributed by atoms with van der Waals surface area (Å²) in [6.07, 6.45) is 0.756. The summed E-state index contributed by atoms with van der Waals surface area (Å²) in [4.78, 5) is 10.8. The van der Waals surface area contributed by atoms with Gasteiger partial charge in [0.25, 0.3) is 10.2 Å². The zero-order valence-corrected chi connectivity index (χ0v) is 12.3. The third-order valence-electron chi connectivity index (χ3n) is 3.77. The molecule has 0 bridgehead atoms. The lowest BCUT2D eigenvalue weighted by Crippen LogP contribution is -2.58. The Hall–Kier alpha value is -0.740. The van der Waals surface area contributed by atoms with Gasteiger partial charge in [-0.15, -0.1) is 0 Å². The van der Waals surface area contributed by atoms with Gasteiger partial charge in [-0.05, 0) is 19.3 Å². The minimum absolute atomic E-state index is 0.114. The van der Waals surface area contributed by atoms with Crippen LogP contribution in [0.15, 0.2) is 0 Å². The predicted octanol–water partition coefficient (Wildman–Crippen LogP) is -1.25. The van der Waals surface area contributed by atoms with Crippen LogP contribution in [-0.4, -0.2) is 65.9 Å². The van der Waals surface area contributed by atoms with Crippen molar-refractivity contribution >= 4 is 16.2 Å². The molecule has 118 valence electrons. The Labute approximate surface area is 118 Å². The maximum Gasteiger partial charge on any atom is 0.306 e. The zero-order valence-electron chi connectivity index (χ0n) is 11.4. The lowest BCUT2D eigenvalue weighted by atomic mass is 9.99. The lowest BCUT2D eigenvalue weighted by molar-refractivity contribution is -0.142. The minimum atomic E-state index is -3.86. The van der Waals surface area contributed by atoms with Crippen LogP contribution in [0.1, 0.15) is 26.2 Å². The van der Waals surface area contributed by atoms with Gasteiger partial charge in [0.05, 0.1) is 24.7 Å². The fourth-order valence-electron chi connectivity index (χ4n) is 2.09. The predicted molar refractivity (Wildman–Crippen MR) is 71.2 cm³/mol. The van der Waals surface area contributed by atoms with Crippen LogP contribution in [0, 0.1) is 5.92 Å². The molecule has 8 nitrogen and oxygen atoms in total. The molecule has 0 unspecified atom stereocenters. The highest BCUT2D eigenvalue weighted by atomic mass is 32.2. The summed E-state index contributed by atoms with van der Waals surface area (Å²) in [7, 11) is -3.86. The van der Waals surface area contributed by atoms with E-state index >= 15 is 0 Å². The number of rotatable bonds is 7. The highest BCUT2D eigenvalue weighted by Gasteiger charge is 2.37. The molecule has 0 amide bonds. The molecule has 1 rings (SSSR count). The summed E-state index contributed by atoms with van der Waals surface area (Å²) < 4.78 is 27.9. The van der Waals surface area contributed by atoms with E-state index in [0.29, 0.717) is 0 Å². The molecule has 0 saturated carbocycles. The summed E-state index contributed by atoms with van der Waals surface area (Å²) in [5, 5.41) is 27.4. The van der Waals surface area contributed by atoms with Crippen molar-refractivity contribution in [1.82, 2.24) is 9.03 Å². The van der Waals surface area contributed by atoms with Gasteiger partial charge in [0.15, 0.2) is 0 Å². The topological polar surface area (TPSA) is 127 Å². The molecular formula is C11H22N2O6S. The van der Waals surface area contributed by atoms with Crippen LogP contribution in [-0.2, 0) is 15.0 Å². The summed E-state index contributed by atoms with van der Waals surface area (Å²) in [5.41, 5.74) is -1.29. The SMILES string of the molecule is CCC(CO)(CO)NS(=O)(=O)N1CCC(C(=O)O)CC1. The van der Waals surface area contributed by atoms with E-state index in [2.05, 4.69) is 4.72 Å². The second kappa shape index (κ2) is 6.81. The number of aliphatic hydroxyl groups excluding tert-OH is 2. The van der Waals surface area contributed by atoms with Crippen LogP contribution in [0.3, 0.4) is 0 Å². The molecular weight excluding hydrogens is 288 g/mol. The molecule has 20 heavy (non-hydrogen) atoms. The van der Waals surface area contributed by atoms with E-state index in [1.807, 2.05) is 0 Å². The second-order valence-electron chi connectivity index (χ2n) is 5.07. The monoisotopic (exact) mass is 310 g/mol. The van der Waals surface area contributed by atoms with E-state index in [4.69, 9.17) is 5.11 Å². The Kier molecular flexibility index (Phi) is 5.90. The smallest absolute Gasteiger partial charge is 0.306 e. The van der Waals surface area contributed by atoms with E-state index in [0.717, 1.165) is 4.31 Å². The molecule has 9 heteroatoms. The average molecular weight is 310 g/mol. The lowest BCUT2D eigenvalue weighted by Gasteiger charge is -2.35. The van der Waals surface area contributed by atoms with Gasteiger partial charge in [0, 0.05) is 13.1 Å². The molecule has 1 aliphatic rings. The summed E-state index contributed by atoms with van der Waals surface area (Å²) in [6, 6.07) is 0. The van der Waals surface area contributed by atoms with Crippen LogP contribution in [0.5, 0.6) is 0 Å². The van der Waals surface area contributed by atoms with Crippen molar-refractivity contribution < 1.29 is 28.5 Å². The van der Waals surface area contributed by atoms with E-state index in [1.54, 1.807) is 6.92 Å². The molecule has 1 saturated heterocycles. The van der Waals surface area contributed by atoms with Crippen molar-refractivity contribution in [3.8, 4) is 0 Å². The van der Waals surface area contributed by atoms with E-state index < -0.39 is 40.8 Å². The molecule has 0 aromatic rings. The van der Waals surface area contributed by atoms with Gasteiger partial charge in [-0.1, -0.05) is 6.92 Å². The van der Waals surface area contributed by atoms with Gasteiger partial charge >= 0.3 is 5.97 Å². The van der Waals surface area contributed by atoms with Crippen molar-refractivity contribution in [2.45, 2.75) is 31.7 Å². The van der Waals surface area contributed by atoms with Gasteiger partial charge in [0.1, 0.15) is 0 Å². The molecule has 1 fully saturated rings. The molecule has 0 aliphatic carbocycles. The number of hydrogen-bond donors (Lipinski definition) is 4. The number of carboxylic acid groups (broad SMARTS) is 1. The number of piperidine rings is 1. The molecule has 4 N–H and O–H groups in total. The zero-order chi connectivity index (χ0) is 15.4. The normalized spacial score (nSPS) is 19.1. The molecule has 1 aliphatic heterocycles. The first-order chi connectivity index (χ1) is 9.30. The molecule has 0 aromatic carbocycles. The molecule has 0 radical (unpaired) electrons. The maximum absolute atomic E-state index is 12.2. The number of nitrogens with one attached hydrogen (secondary N) is 1. The highest BCUT2D eigenvalue weighted by molar-refractivity contribution is 7.87. The average Bonchev–Trinajstić information content (AvgIpc) is 2.45. The Balaban J connectivity index is 2.73. The first-order valence-electron chi connectivity index (χ1n) is 6.54. The van der Waals surface area contributed by atoms with Gasteiger partial charge in [-0.2, -0.15) is 17.4 Å². The molecule has 0 spiro atoms. The number of aliphatic carboxylic acids is 1. The Morgan fingerprint density at radius 2 is 1.80 bits per heavy atom. The Bertz CT molecular complexity index is 418. The van der Waals surface area contributed by atoms with E-state index in [-0.39, 0.29) is 32.4 Å². The fraction of sp³-hybridized carbons (Fsp3) is 0.909. The third kappa shape index (κ3) is 3.89. The van der Waals surface area contributed by atoms with Crippen molar-refractivity contribution in [1.29, 1.82) is 0 Å². The molecule has 0 atom stereocenters. The number of hydrogen-bond acceptors (Lipinski definition) is 5. The fourth-order valence-corrected chi connectivity index (χ4v) is 3.73. The first-order valence-corrected chi connectivity index (χ1v) is 7.98. The summed E-state index contributed by atoms with van der Waals surface area (Å²) >= 11 is 0. The van der Waals surface area contributed by atoms with Crippen LogP contribution in [0.4, 0.5) is 0 Å².